The molecule has 4 aromatic rings. The zero-order chi connectivity index (χ0) is 30.5. The molecular weight excluding hydrogens is 558 g/mol. The van der Waals surface area contributed by atoms with Gasteiger partial charge in [0.2, 0.25) is 5.91 Å². The number of aromatic nitrogens is 2. The summed E-state index contributed by atoms with van der Waals surface area (Å²) in [5.41, 5.74) is 2.81. The van der Waals surface area contributed by atoms with Gasteiger partial charge in [0.25, 0.3) is 5.91 Å². The summed E-state index contributed by atoms with van der Waals surface area (Å²) >= 11 is 0. The number of halogens is 6. The third kappa shape index (κ3) is 7.50. The number of benzene rings is 3. The van der Waals surface area contributed by atoms with Crippen LogP contribution in [0, 0.1) is 0 Å². The normalized spacial score (nSPS) is 11.3. The van der Waals surface area contributed by atoms with Gasteiger partial charge < -0.3 is 16.2 Å². The molecule has 0 saturated heterocycles. The molecule has 214 valence electrons. The van der Waals surface area contributed by atoms with Crippen molar-refractivity contribution in [3.05, 3.63) is 107 Å². The number of amides is 2. The Bertz CT molecular complexity index is 1600. The van der Waals surface area contributed by atoms with Gasteiger partial charge in [-0.15, -0.1) is 0 Å². The van der Waals surface area contributed by atoms with Crippen LogP contribution in [-0.4, -0.2) is 32.7 Å². The van der Waals surface area contributed by atoms with Crippen molar-refractivity contribution >= 4 is 23.5 Å². The molecule has 4 rings (SSSR count). The molecule has 41 heavy (non-hydrogen) atoms. The second-order valence-electron chi connectivity index (χ2n) is 8.35. The molecule has 0 bridgehead atoms. The first-order chi connectivity index (χ1) is 19.1. The number of hydrogen-bond donors (Lipinski definition) is 3. The van der Waals surface area contributed by atoms with E-state index in [0.29, 0.717) is 0 Å². The number of rotatable bonds is 5. The van der Waals surface area contributed by atoms with Gasteiger partial charge in [0.1, 0.15) is 0 Å². The molecule has 0 unspecified atom stereocenters. The Morgan fingerprint density at radius 2 is 1.44 bits per heavy atom. The lowest BCUT2D eigenvalue weighted by atomic mass is 9.97. The Morgan fingerprint density at radius 3 is 1.95 bits per heavy atom. The molecule has 4 N–H and O–H groups in total. The molecule has 0 atom stereocenters. The Hall–Kier alpha value is -5.14. The van der Waals surface area contributed by atoms with Gasteiger partial charge in [-0.2, -0.15) is 31.4 Å². The summed E-state index contributed by atoms with van der Waals surface area (Å²) in [7, 11) is 1.44. The monoisotopic (exact) mass is 578 g/mol. The Labute approximate surface area is 228 Å². The zero-order valence-electron chi connectivity index (χ0n) is 20.9. The second-order valence-corrected chi connectivity index (χ2v) is 8.35. The topological polar surface area (TPSA) is 127 Å². The third-order valence-corrected chi connectivity index (χ3v) is 5.48. The van der Waals surface area contributed by atoms with E-state index in [-0.39, 0.29) is 33.5 Å². The van der Waals surface area contributed by atoms with Crippen LogP contribution in [0.4, 0.5) is 32.0 Å². The van der Waals surface area contributed by atoms with Crippen molar-refractivity contribution in [3.63, 3.8) is 0 Å². The van der Waals surface area contributed by atoms with Crippen molar-refractivity contribution in [2.45, 2.75) is 12.4 Å². The molecule has 8 nitrogen and oxygen atoms in total. The molecule has 1 heterocycles. The van der Waals surface area contributed by atoms with E-state index in [9.17, 15) is 40.7 Å². The fourth-order valence-corrected chi connectivity index (χ4v) is 3.63. The summed E-state index contributed by atoms with van der Waals surface area (Å²) in [5, 5.41) is 14.7. The number of primary amides is 1. The van der Waals surface area contributed by atoms with Crippen LogP contribution >= 0.6 is 0 Å². The van der Waals surface area contributed by atoms with Crippen LogP contribution in [0.3, 0.4) is 0 Å². The van der Waals surface area contributed by atoms with E-state index in [2.05, 4.69) is 10.4 Å². The van der Waals surface area contributed by atoms with Crippen molar-refractivity contribution in [2.24, 2.45) is 12.8 Å². The number of para-hydroxylation sites is 1. The second kappa shape index (κ2) is 11.9. The summed E-state index contributed by atoms with van der Waals surface area (Å²) in [4.78, 5) is 35.6. The van der Waals surface area contributed by atoms with Crippen molar-refractivity contribution in [3.8, 4) is 11.1 Å². The number of nitrogens with two attached hydrogens (primary N) is 1. The third-order valence-electron chi connectivity index (χ3n) is 5.48. The number of carboxylic acid groups (broad SMARTS) is 1. The van der Waals surface area contributed by atoms with Gasteiger partial charge in [-0.25, -0.2) is 4.79 Å². The lowest BCUT2D eigenvalue weighted by Crippen LogP contribution is -2.21. The minimum atomic E-state index is -4.61. The summed E-state index contributed by atoms with van der Waals surface area (Å²) in [6, 6.07) is 14.9. The standard InChI is InChI=1S/C22H15F3N2O4.C5H5F3N2/c23-22(24,25)17-7-3-1-5-13(17)14-6-2-4-8-18(14)27-20(29)15-10-9-12(21(30)31)11-16(15)19(26)28;1-10-3-2-4(9-10)5(6,7)8/h1-11H,(H2,26,28)(H,27,29)(H,30,31);2-3H,1H3. The number of aromatic carboxylic acids is 1. The first kappa shape index (κ1) is 30.4. The molecule has 0 aliphatic carbocycles. The van der Waals surface area contributed by atoms with Crippen LogP contribution < -0.4 is 11.1 Å². The lowest BCUT2D eigenvalue weighted by Gasteiger charge is -2.17. The van der Waals surface area contributed by atoms with Gasteiger partial charge in [0.05, 0.1) is 22.3 Å². The number of aryl methyl sites for hydroxylation is 1. The first-order valence-corrected chi connectivity index (χ1v) is 11.4. The SMILES string of the molecule is Cn1ccc(C(F)(F)F)n1.NC(=O)c1cc(C(=O)O)ccc1C(=O)Nc1ccccc1-c1ccccc1C(F)(F)F. The quantitative estimate of drug-likeness (QED) is 0.256. The number of carbonyl (C=O) groups excluding carboxylic acids is 2. The molecule has 1 aromatic heterocycles. The van der Waals surface area contributed by atoms with Crippen LogP contribution in [0.1, 0.15) is 42.3 Å². The number of anilines is 1. The van der Waals surface area contributed by atoms with Crippen molar-refractivity contribution in [2.75, 3.05) is 5.32 Å². The number of carbonyl (C=O) groups is 3. The number of carboxylic acids is 1. The highest BCUT2D eigenvalue weighted by Crippen LogP contribution is 2.39. The molecule has 3 aromatic carbocycles. The van der Waals surface area contributed by atoms with E-state index in [4.69, 9.17) is 10.8 Å². The fraction of sp³-hybridized carbons (Fsp3) is 0.111. The number of nitrogens with zero attached hydrogens (tertiary/aromatic N) is 2. The average molecular weight is 578 g/mol. The highest BCUT2D eigenvalue weighted by atomic mass is 19.4. The average Bonchev–Trinajstić information content (AvgIpc) is 3.35. The number of alkyl halides is 6. The summed E-state index contributed by atoms with van der Waals surface area (Å²) < 4.78 is 76.6. The van der Waals surface area contributed by atoms with Crippen LogP contribution in [-0.2, 0) is 19.4 Å². The molecule has 0 radical (unpaired) electrons. The van der Waals surface area contributed by atoms with Crippen molar-refractivity contribution < 1.29 is 45.8 Å². The molecule has 14 heteroatoms. The summed E-state index contributed by atoms with van der Waals surface area (Å²) in [5.74, 6) is -3.17. The Kier molecular flexibility index (Phi) is 8.85. The predicted octanol–water partition coefficient (Wildman–Crippen LogP) is 5.86. The van der Waals surface area contributed by atoms with E-state index < -0.39 is 41.4 Å². The molecule has 0 aliphatic rings. The van der Waals surface area contributed by atoms with Crippen molar-refractivity contribution in [1.82, 2.24) is 9.78 Å². The summed E-state index contributed by atoms with van der Waals surface area (Å²) in [6.45, 7) is 0. The maximum Gasteiger partial charge on any atom is 0.435 e. The van der Waals surface area contributed by atoms with Gasteiger partial charge in [-0.1, -0.05) is 36.4 Å². The minimum Gasteiger partial charge on any atom is -0.478 e. The highest BCUT2D eigenvalue weighted by Gasteiger charge is 2.34. The lowest BCUT2D eigenvalue weighted by molar-refractivity contribution is -0.141. The Balaban J connectivity index is 0.000000389. The van der Waals surface area contributed by atoms with Gasteiger partial charge >= 0.3 is 18.3 Å². The largest absolute Gasteiger partial charge is 0.478 e. The van der Waals surface area contributed by atoms with Gasteiger partial charge in [-0.3, -0.25) is 14.3 Å². The van der Waals surface area contributed by atoms with E-state index >= 15 is 0 Å². The van der Waals surface area contributed by atoms with E-state index in [1.54, 1.807) is 0 Å². The first-order valence-electron chi connectivity index (χ1n) is 11.4. The van der Waals surface area contributed by atoms with Crippen LogP contribution in [0.25, 0.3) is 11.1 Å². The van der Waals surface area contributed by atoms with Crippen LogP contribution in [0.2, 0.25) is 0 Å². The maximum atomic E-state index is 13.5. The van der Waals surface area contributed by atoms with Crippen molar-refractivity contribution in [1.29, 1.82) is 0 Å². The minimum absolute atomic E-state index is 0.0712. The molecule has 2 amide bonds. The van der Waals surface area contributed by atoms with Gasteiger partial charge in [0, 0.05) is 24.5 Å². The molecule has 0 spiro atoms. The smallest absolute Gasteiger partial charge is 0.435 e. The predicted molar refractivity (Wildman–Crippen MR) is 135 cm³/mol. The van der Waals surface area contributed by atoms with Crippen LogP contribution in [0.5, 0.6) is 0 Å². The Morgan fingerprint density at radius 1 is 0.829 bits per heavy atom. The molecular formula is C27H20F6N4O4. The molecule has 0 aliphatic heterocycles. The highest BCUT2D eigenvalue weighted by molar-refractivity contribution is 6.13. The molecule has 0 saturated carbocycles. The number of hydrogen-bond acceptors (Lipinski definition) is 4. The fourth-order valence-electron chi connectivity index (χ4n) is 3.63. The van der Waals surface area contributed by atoms with E-state index in [1.165, 1.54) is 55.7 Å². The van der Waals surface area contributed by atoms with E-state index in [1.807, 2.05) is 0 Å². The van der Waals surface area contributed by atoms with Crippen LogP contribution in [0.15, 0.2) is 79.0 Å². The summed E-state index contributed by atoms with van der Waals surface area (Å²) in [6.07, 6.45) is -7.68. The van der Waals surface area contributed by atoms with Gasteiger partial charge in [0.15, 0.2) is 5.69 Å². The maximum absolute atomic E-state index is 13.5. The number of nitrogens with one attached hydrogen (secondary N) is 1. The van der Waals surface area contributed by atoms with Gasteiger partial charge in [-0.05, 0) is 42.0 Å². The van der Waals surface area contributed by atoms with E-state index in [0.717, 1.165) is 35.0 Å². The zero-order valence-corrected chi connectivity index (χ0v) is 20.9. The molecule has 0 fully saturated rings.